The van der Waals surface area contributed by atoms with Crippen molar-refractivity contribution >= 4 is 0 Å². The van der Waals surface area contributed by atoms with Crippen molar-refractivity contribution in [2.24, 2.45) is 13.0 Å². The van der Waals surface area contributed by atoms with Gasteiger partial charge < -0.3 is 9.13 Å². The lowest BCUT2D eigenvalue weighted by Gasteiger charge is -2.42. The highest BCUT2D eigenvalue weighted by Gasteiger charge is 2.35. The van der Waals surface area contributed by atoms with Crippen LogP contribution in [0.3, 0.4) is 0 Å². The standard InChI is InChI=1S/C25H26N6O/c1-28-10-9-26-24(28)22-7-8-23-20-11-18(15-30(23)25(22)32)13-29(17-20)14-19-12-27-31(16-19)21-5-3-2-4-6-21/h2-10,12,16,18,20H,11,13-15,17H2,1H3/t18-,20+/m0/s1. The monoisotopic (exact) mass is 426 g/mol. The summed E-state index contributed by atoms with van der Waals surface area (Å²) in [7, 11) is 1.93. The van der Waals surface area contributed by atoms with Crippen molar-refractivity contribution in [3.8, 4) is 17.1 Å². The zero-order chi connectivity index (χ0) is 21.7. The van der Waals surface area contributed by atoms with Gasteiger partial charge in [-0.25, -0.2) is 9.67 Å². The summed E-state index contributed by atoms with van der Waals surface area (Å²) < 4.78 is 5.85. The Morgan fingerprint density at radius 2 is 1.94 bits per heavy atom. The van der Waals surface area contributed by atoms with Gasteiger partial charge in [-0.3, -0.25) is 9.69 Å². The molecule has 7 nitrogen and oxygen atoms in total. The van der Waals surface area contributed by atoms with Crippen LogP contribution in [0.25, 0.3) is 17.1 Å². The van der Waals surface area contributed by atoms with E-state index in [1.807, 2.05) is 57.5 Å². The molecule has 0 unspecified atom stereocenters. The van der Waals surface area contributed by atoms with Crippen LogP contribution in [0.1, 0.15) is 23.6 Å². The number of imidazole rings is 1. The number of pyridine rings is 1. The maximum atomic E-state index is 13.3. The van der Waals surface area contributed by atoms with Crippen molar-refractivity contribution in [3.05, 3.63) is 88.9 Å². The van der Waals surface area contributed by atoms with Gasteiger partial charge in [-0.2, -0.15) is 5.10 Å². The third kappa shape index (κ3) is 3.29. The van der Waals surface area contributed by atoms with Crippen LogP contribution in [0, 0.1) is 5.92 Å². The first-order valence-corrected chi connectivity index (χ1v) is 11.2. The molecule has 0 radical (unpaired) electrons. The van der Waals surface area contributed by atoms with Gasteiger partial charge in [-0.05, 0) is 36.6 Å². The highest BCUT2D eigenvalue weighted by atomic mass is 16.1. The Bertz CT molecular complexity index is 1320. The highest BCUT2D eigenvalue weighted by molar-refractivity contribution is 5.54. The molecule has 1 aromatic carbocycles. The summed E-state index contributed by atoms with van der Waals surface area (Å²) >= 11 is 0. The summed E-state index contributed by atoms with van der Waals surface area (Å²) in [4.78, 5) is 20.2. The first-order chi connectivity index (χ1) is 15.7. The minimum absolute atomic E-state index is 0.0871. The lowest BCUT2D eigenvalue weighted by Crippen LogP contribution is -2.47. The Morgan fingerprint density at radius 3 is 2.75 bits per heavy atom. The van der Waals surface area contributed by atoms with Gasteiger partial charge in [-0.1, -0.05) is 18.2 Å². The van der Waals surface area contributed by atoms with Crippen LogP contribution < -0.4 is 5.56 Å². The molecule has 7 heteroatoms. The molecule has 2 atom stereocenters. The molecule has 5 heterocycles. The number of para-hydroxylation sites is 1. The van der Waals surface area contributed by atoms with E-state index < -0.39 is 0 Å². The number of aromatic nitrogens is 5. The highest BCUT2D eigenvalue weighted by Crippen LogP contribution is 2.36. The number of benzene rings is 1. The maximum Gasteiger partial charge on any atom is 0.261 e. The van der Waals surface area contributed by atoms with E-state index in [-0.39, 0.29) is 5.56 Å². The van der Waals surface area contributed by atoms with Gasteiger partial charge >= 0.3 is 0 Å². The molecular weight excluding hydrogens is 400 g/mol. The Kier molecular flexibility index (Phi) is 4.57. The number of fused-ring (bicyclic) bond motifs is 4. The third-order valence-electron chi connectivity index (χ3n) is 6.80. The summed E-state index contributed by atoms with van der Waals surface area (Å²) in [6.45, 7) is 3.64. The van der Waals surface area contributed by atoms with Crippen molar-refractivity contribution in [2.75, 3.05) is 13.1 Å². The third-order valence-corrected chi connectivity index (χ3v) is 6.80. The fourth-order valence-electron chi connectivity index (χ4n) is 5.39. The Labute approximate surface area is 186 Å². The van der Waals surface area contributed by atoms with Crippen LogP contribution in [0.2, 0.25) is 0 Å². The van der Waals surface area contributed by atoms with Crippen LogP contribution in [0.15, 0.2) is 72.0 Å². The van der Waals surface area contributed by atoms with E-state index in [9.17, 15) is 4.79 Å². The van der Waals surface area contributed by atoms with E-state index in [4.69, 9.17) is 0 Å². The smallest absolute Gasteiger partial charge is 0.261 e. The summed E-state index contributed by atoms with van der Waals surface area (Å²) in [5, 5.41) is 4.55. The first-order valence-electron chi connectivity index (χ1n) is 11.2. The van der Waals surface area contributed by atoms with Crippen molar-refractivity contribution in [2.45, 2.75) is 25.4 Å². The van der Waals surface area contributed by atoms with Gasteiger partial charge in [0, 0.05) is 69.0 Å². The van der Waals surface area contributed by atoms with Crippen LogP contribution in [-0.4, -0.2) is 41.9 Å². The average Bonchev–Trinajstić information content (AvgIpc) is 3.44. The Balaban J connectivity index is 1.23. The van der Waals surface area contributed by atoms with Crippen LogP contribution >= 0.6 is 0 Å². The number of hydrogen-bond acceptors (Lipinski definition) is 4. The summed E-state index contributed by atoms with van der Waals surface area (Å²) in [6.07, 6.45) is 8.87. The van der Waals surface area contributed by atoms with Crippen molar-refractivity contribution < 1.29 is 0 Å². The number of nitrogens with zero attached hydrogens (tertiary/aromatic N) is 6. The van der Waals surface area contributed by atoms with Gasteiger partial charge in [0.05, 0.1) is 17.4 Å². The molecule has 2 bridgehead atoms. The van der Waals surface area contributed by atoms with Gasteiger partial charge in [0.1, 0.15) is 5.82 Å². The number of aryl methyl sites for hydroxylation is 1. The molecule has 4 aromatic rings. The fraction of sp³-hybridized carbons (Fsp3) is 0.320. The van der Waals surface area contributed by atoms with E-state index in [2.05, 4.69) is 39.4 Å². The average molecular weight is 427 g/mol. The number of rotatable bonds is 4. The number of piperidine rings is 1. The SMILES string of the molecule is Cn1ccnc1-c1ccc2n(c1=O)C[C@H]1C[C@@H]2CN(Cc2cnn(-c3ccccc3)c2)C1. The van der Waals surface area contributed by atoms with Gasteiger partial charge in [0.25, 0.3) is 5.56 Å². The van der Waals surface area contributed by atoms with Gasteiger partial charge in [0.2, 0.25) is 0 Å². The first kappa shape index (κ1) is 19.3. The molecule has 1 fully saturated rings. The number of hydrogen-bond donors (Lipinski definition) is 0. The van der Waals surface area contributed by atoms with Crippen molar-refractivity contribution in [1.82, 2.24) is 28.8 Å². The molecule has 0 aliphatic carbocycles. The van der Waals surface area contributed by atoms with E-state index in [1.54, 1.807) is 6.20 Å². The van der Waals surface area contributed by atoms with E-state index in [1.165, 1.54) is 5.56 Å². The van der Waals surface area contributed by atoms with Crippen LogP contribution in [0.5, 0.6) is 0 Å². The molecule has 0 saturated carbocycles. The molecule has 6 rings (SSSR count). The van der Waals surface area contributed by atoms with Gasteiger partial charge in [-0.15, -0.1) is 0 Å². The topological polar surface area (TPSA) is 60.9 Å². The molecule has 1 saturated heterocycles. The molecule has 2 aliphatic heterocycles. The molecular formula is C25H26N6O. The lowest BCUT2D eigenvalue weighted by molar-refractivity contribution is 0.114. The minimum Gasteiger partial charge on any atom is -0.334 e. The minimum atomic E-state index is 0.0871. The maximum absolute atomic E-state index is 13.3. The number of likely N-dealkylation sites (tertiary alicyclic amines) is 1. The molecule has 0 amide bonds. The predicted octanol–water partition coefficient (Wildman–Crippen LogP) is 3.05. The molecule has 3 aromatic heterocycles. The van der Waals surface area contributed by atoms with E-state index in [0.717, 1.165) is 49.8 Å². The molecule has 162 valence electrons. The quantitative estimate of drug-likeness (QED) is 0.503. The summed E-state index contributed by atoms with van der Waals surface area (Å²) in [5.74, 6) is 1.60. The lowest BCUT2D eigenvalue weighted by atomic mass is 9.83. The van der Waals surface area contributed by atoms with Crippen LogP contribution in [0.4, 0.5) is 0 Å². The van der Waals surface area contributed by atoms with E-state index >= 15 is 0 Å². The molecule has 0 spiro atoms. The Hall–Kier alpha value is -3.45. The van der Waals surface area contributed by atoms with Crippen molar-refractivity contribution in [1.29, 1.82) is 0 Å². The zero-order valence-corrected chi connectivity index (χ0v) is 18.1. The van der Waals surface area contributed by atoms with E-state index in [0.29, 0.717) is 17.4 Å². The second kappa shape index (κ2) is 7.60. The predicted molar refractivity (Wildman–Crippen MR) is 123 cm³/mol. The van der Waals surface area contributed by atoms with Crippen molar-refractivity contribution in [3.63, 3.8) is 0 Å². The molecule has 0 N–H and O–H groups in total. The second-order valence-corrected chi connectivity index (χ2v) is 9.07. The largest absolute Gasteiger partial charge is 0.334 e. The normalized spacial score (nSPS) is 20.3. The summed E-state index contributed by atoms with van der Waals surface area (Å²) in [6, 6.07) is 14.3. The zero-order valence-electron chi connectivity index (χ0n) is 18.1. The van der Waals surface area contributed by atoms with Gasteiger partial charge in [0.15, 0.2) is 0 Å². The van der Waals surface area contributed by atoms with Crippen LogP contribution in [-0.2, 0) is 20.1 Å². The fourth-order valence-corrected chi connectivity index (χ4v) is 5.39. The molecule has 32 heavy (non-hydrogen) atoms. The molecule has 2 aliphatic rings. The Morgan fingerprint density at radius 1 is 1.06 bits per heavy atom. The second-order valence-electron chi connectivity index (χ2n) is 9.07. The summed E-state index contributed by atoms with van der Waals surface area (Å²) in [5.41, 5.74) is 4.23.